The summed E-state index contributed by atoms with van der Waals surface area (Å²) < 4.78 is 3.91. The molecule has 2 aromatic rings. The van der Waals surface area contributed by atoms with Crippen molar-refractivity contribution < 1.29 is 0 Å². The monoisotopic (exact) mass is 249 g/mol. The van der Waals surface area contributed by atoms with Crippen molar-refractivity contribution in [3.63, 3.8) is 0 Å². The van der Waals surface area contributed by atoms with Gasteiger partial charge in [-0.25, -0.2) is 4.98 Å². The smallest absolute Gasteiger partial charge is 0.167 e. The van der Waals surface area contributed by atoms with Gasteiger partial charge in [-0.1, -0.05) is 12.2 Å². The number of nitrogens with zero attached hydrogens (tertiary/aromatic N) is 4. The summed E-state index contributed by atoms with van der Waals surface area (Å²) in [5.41, 5.74) is 7.75. The average molecular weight is 249 g/mol. The van der Waals surface area contributed by atoms with Crippen LogP contribution in [0, 0.1) is 6.92 Å². The Morgan fingerprint density at radius 3 is 2.94 bits per heavy atom. The summed E-state index contributed by atoms with van der Waals surface area (Å²) in [7, 11) is 0. The molecule has 2 N–H and O–H groups in total. The summed E-state index contributed by atoms with van der Waals surface area (Å²) in [6.07, 6.45) is 3.57. The van der Waals surface area contributed by atoms with Crippen LogP contribution in [0.25, 0.3) is 0 Å². The van der Waals surface area contributed by atoms with Crippen molar-refractivity contribution in [2.45, 2.75) is 26.9 Å². The fourth-order valence-electron chi connectivity index (χ4n) is 1.84. The lowest BCUT2D eigenvalue weighted by Crippen LogP contribution is -2.18. The molecule has 6 heteroatoms. The molecule has 0 aliphatic carbocycles. The molecular weight excluding hydrogens is 234 g/mol. The Hall–Kier alpha value is -1.69. The summed E-state index contributed by atoms with van der Waals surface area (Å²) in [5.74, 6) is 0.640. The predicted molar refractivity (Wildman–Crippen MR) is 69.9 cm³/mol. The molecule has 0 unspecified atom stereocenters. The molecule has 90 valence electrons. The van der Waals surface area contributed by atoms with Crippen LogP contribution in [0.3, 0.4) is 0 Å². The van der Waals surface area contributed by atoms with E-state index in [1.807, 2.05) is 22.4 Å². The van der Waals surface area contributed by atoms with Crippen LogP contribution in [-0.2, 0) is 13.1 Å². The van der Waals surface area contributed by atoms with E-state index in [0.29, 0.717) is 17.4 Å². The van der Waals surface area contributed by atoms with Crippen molar-refractivity contribution in [1.29, 1.82) is 0 Å². The molecule has 2 heterocycles. The number of rotatable bonds is 4. The van der Waals surface area contributed by atoms with E-state index in [2.05, 4.69) is 23.1 Å². The molecule has 0 bridgehead atoms. The highest BCUT2D eigenvalue weighted by Crippen LogP contribution is 2.08. The molecule has 2 aromatic heterocycles. The standard InChI is InChI=1S/C11H15N5S/c1-3-16-9(6-8(2)14-16)7-15-5-4-13-11(15)10(12)17/h4-6H,3,7H2,1-2H3,(H2,12,17). The van der Waals surface area contributed by atoms with Crippen molar-refractivity contribution in [2.24, 2.45) is 5.73 Å². The second-order valence-corrected chi connectivity index (χ2v) is 4.28. The maximum absolute atomic E-state index is 5.61. The fraction of sp³-hybridized carbons (Fsp3) is 0.364. The molecule has 0 amide bonds. The Labute approximate surface area is 105 Å². The summed E-state index contributed by atoms with van der Waals surface area (Å²) in [5, 5.41) is 4.40. The minimum absolute atomic E-state index is 0.314. The third-order valence-corrected chi connectivity index (χ3v) is 2.74. The molecule has 0 saturated carbocycles. The molecule has 0 atom stereocenters. The minimum Gasteiger partial charge on any atom is -0.387 e. The van der Waals surface area contributed by atoms with Gasteiger partial charge >= 0.3 is 0 Å². The molecule has 0 radical (unpaired) electrons. The quantitative estimate of drug-likeness (QED) is 0.824. The van der Waals surface area contributed by atoms with Crippen LogP contribution in [0.2, 0.25) is 0 Å². The minimum atomic E-state index is 0.314. The van der Waals surface area contributed by atoms with Crippen molar-refractivity contribution in [1.82, 2.24) is 19.3 Å². The van der Waals surface area contributed by atoms with E-state index in [9.17, 15) is 0 Å². The molecule has 0 fully saturated rings. The Bertz CT molecular complexity index is 540. The highest BCUT2D eigenvalue weighted by atomic mass is 32.1. The molecule has 0 saturated heterocycles. The van der Waals surface area contributed by atoms with E-state index < -0.39 is 0 Å². The van der Waals surface area contributed by atoms with Gasteiger partial charge in [0.05, 0.1) is 17.9 Å². The number of imidazole rings is 1. The topological polar surface area (TPSA) is 61.7 Å². The average Bonchev–Trinajstić information content (AvgIpc) is 2.85. The maximum atomic E-state index is 5.61. The number of thiocarbonyl (C=S) groups is 1. The van der Waals surface area contributed by atoms with Crippen molar-refractivity contribution in [3.05, 3.63) is 35.7 Å². The molecule has 17 heavy (non-hydrogen) atoms. The summed E-state index contributed by atoms with van der Waals surface area (Å²) in [6.45, 7) is 5.58. The van der Waals surface area contributed by atoms with Crippen LogP contribution in [0.1, 0.15) is 24.1 Å². The van der Waals surface area contributed by atoms with Crippen molar-refractivity contribution >= 4 is 17.2 Å². The lowest BCUT2D eigenvalue weighted by Gasteiger charge is -2.08. The summed E-state index contributed by atoms with van der Waals surface area (Å²) in [6, 6.07) is 2.06. The van der Waals surface area contributed by atoms with Gasteiger partial charge < -0.3 is 10.3 Å². The third kappa shape index (κ3) is 2.36. The Morgan fingerprint density at radius 1 is 1.53 bits per heavy atom. The molecule has 0 aliphatic heterocycles. The Kier molecular flexibility index (Phi) is 3.23. The zero-order valence-electron chi connectivity index (χ0n) is 9.92. The lowest BCUT2D eigenvalue weighted by molar-refractivity contribution is 0.596. The van der Waals surface area contributed by atoms with Gasteiger partial charge in [-0.15, -0.1) is 0 Å². The van der Waals surface area contributed by atoms with Crippen molar-refractivity contribution in [3.8, 4) is 0 Å². The SMILES string of the molecule is CCn1nc(C)cc1Cn1ccnc1C(N)=S. The van der Waals surface area contributed by atoms with Crippen LogP contribution in [0.5, 0.6) is 0 Å². The highest BCUT2D eigenvalue weighted by Gasteiger charge is 2.09. The first-order valence-electron chi connectivity index (χ1n) is 5.46. The van der Waals surface area contributed by atoms with Crippen molar-refractivity contribution in [2.75, 3.05) is 0 Å². The first-order valence-corrected chi connectivity index (χ1v) is 5.87. The predicted octanol–water partition coefficient (Wildman–Crippen LogP) is 1.09. The van der Waals surface area contributed by atoms with Crippen LogP contribution >= 0.6 is 12.2 Å². The van der Waals surface area contributed by atoms with E-state index >= 15 is 0 Å². The lowest BCUT2D eigenvalue weighted by atomic mass is 10.3. The second kappa shape index (κ2) is 4.67. The summed E-state index contributed by atoms with van der Waals surface area (Å²) >= 11 is 4.96. The highest BCUT2D eigenvalue weighted by molar-refractivity contribution is 7.80. The number of aromatic nitrogens is 4. The zero-order chi connectivity index (χ0) is 12.4. The van der Waals surface area contributed by atoms with Crippen LogP contribution in [0.15, 0.2) is 18.5 Å². The zero-order valence-corrected chi connectivity index (χ0v) is 10.7. The third-order valence-electron chi connectivity index (χ3n) is 2.55. The molecule has 0 spiro atoms. The molecule has 2 rings (SSSR count). The number of aryl methyl sites for hydroxylation is 2. The molecule has 0 aromatic carbocycles. The van der Waals surface area contributed by atoms with Gasteiger partial charge in [-0.3, -0.25) is 4.68 Å². The number of hydrogen-bond acceptors (Lipinski definition) is 3. The Morgan fingerprint density at radius 2 is 2.29 bits per heavy atom. The van der Waals surface area contributed by atoms with Gasteiger partial charge in [0.15, 0.2) is 5.82 Å². The van der Waals surface area contributed by atoms with E-state index in [4.69, 9.17) is 18.0 Å². The normalized spacial score (nSPS) is 10.7. The second-order valence-electron chi connectivity index (χ2n) is 3.84. The van der Waals surface area contributed by atoms with Gasteiger partial charge in [-0.2, -0.15) is 5.10 Å². The van der Waals surface area contributed by atoms with E-state index in [1.54, 1.807) is 6.20 Å². The maximum Gasteiger partial charge on any atom is 0.167 e. The first kappa shape index (κ1) is 11.8. The van der Waals surface area contributed by atoms with E-state index in [-0.39, 0.29) is 0 Å². The van der Waals surface area contributed by atoms with Gasteiger partial charge in [-0.05, 0) is 19.9 Å². The fourth-order valence-corrected chi connectivity index (χ4v) is 2.01. The largest absolute Gasteiger partial charge is 0.387 e. The van der Waals surface area contributed by atoms with Gasteiger partial charge in [0.25, 0.3) is 0 Å². The van der Waals surface area contributed by atoms with Crippen LogP contribution < -0.4 is 5.73 Å². The van der Waals surface area contributed by atoms with E-state index in [0.717, 1.165) is 17.9 Å². The number of hydrogen-bond donors (Lipinski definition) is 1. The molecule has 5 nitrogen and oxygen atoms in total. The van der Waals surface area contributed by atoms with E-state index in [1.165, 1.54) is 0 Å². The number of nitrogens with two attached hydrogens (primary N) is 1. The van der Waals surface area contributed by atoms with Gasteiger partial charge in [0.1, 0.15) is 4.99 Å². The molecule has 0 aliphatic rings. The van der Waals surface area contributed by atoms with Crippen LogP contribution in [-0.4, -0.2) is 24.3 Å². The summed E-state index contributed by atoms with van der Waals surface area (Å²) in [4.78, 5) is 4.46. The van der Waals surface area contributed by atoms with Crippen LogP contribution in [0.4, 0.5) is 0 Å². The van der Waals surface area contributed by atoms with Gasteiger partial charge in [0, 0.05) is 18.9 Å². The first-order chi connectivity index (χ1) is 8.11. The molecular formula is C11H15N5S. The Balaban J connectivity index is 2.31. The van der Waals surface area contributed by atoms with Gasteiger partial charge in [0.2, 0.25) is 0 Å².